The average Bonchev–Trinajstić information content (AvgIpc) is 2.78. The highest BCUT2D eigenvalue weighted by molar-refractivity contribution is 5.94. The van der Waals surface area contributed by atoms with Gasteiger partial charge in [0.1, 0.15) is 0 Å². The number of amides is 2. The molecule has 1 fully saturated rings. The molecule has 6 heteroatoms. The molecule has 1 N–H and O–H groups in total. The van der Waals surface area contributed by atoms with Crippen LogP contribution in [0.15, 0.2) is 42.5 Å². The number of likely N-dealkylation sites (tertiary alicyclic amines) is 1. The third kappa shape index (κ3) is 5.53. The summed E-state index contributed by atoms with van der Waals surface area (Å²) in [6, 6.07) is 13.4. The van der Waals surface area contributed by atoms with Crippen molar-refractivity contribution in [3.63, 3.8) is 0 Å². The van der Waals surface area contributed by atoms with E-state index in [1.54, 1.807) is 14.2 Å². The molecule has 1 heterocycles. The topological polar surface area (TPSA) is 67.9 Å². The first-order valence-electron chi connectivity index (χ1n) is 10.4. The molecule has 0 unspecified atom stereocenters. The maximum absolute atomic E-state index is 12.6. The van der Waals surface area contributed by atoms with E-state index in [1.165, 1.54) is 0 Å². The fraction of sp³-hybridized carbons (Fsp3) is 0.417. The first kappa shape index (κ1) is 21.7. The molecule has 3 rings (SSSR count). The van der Waals surface area contributed by atoms with E-state index in [9.17, 15) is 9.59 Å². The van der Waals surface area contributed by atoms with Crippen LogP contribution in [-0.2, 0) is 11.2 Å². The average molecular weight is 411 g/mol. The Bertz CT molecular complexity index is 871. The second-order valence-electron chi connectivity index (χ2n) is 7.68. The Hall–Kier alpha value is -3.02. The third-order valence-corrected chi connectivity index (χ3v) is 5.57. The van der Waals surface area contributed by atoms with Crippen LogP contribution in [-0.4, -0.2) is 50.1 Å². The second kappa shape index (κ2) is 10.1. The molecule has 0 radical (unpaired) electrons. The van der Waals surface area contributed by atoms with Gasteiger partial charge in [-0.2, -0.15) is 0 Å². The van der Waals surface area contributed by atoms with Crippen molar-refractivity contribution < 1.29 is 19.1 Å². The molecule has 1 saturated heterocycles. The van der Waals surface area contributed by atoms with Crippen molar-refractivity contribution in [3.8, 4) is 11.5 Å². The lowest BCUT2D eigenvalue weighted by Gasteiger charge is -2.32. The lowest BCUT2D eigenvalue weighted by molar-refractivity contribution is -0.132. The normalized spacial score (nSPS) is 14.3. The smallest absolute Gasteiger partial charge is 0.251 e. The van der Waals surface area contributed by atoms with Crippen molar-refractivity contribution in [1.29, 1.82) is 0 Å². The summed E-state index contributed by atoms with van der Waals surface area (Å²) in [7, 11) is 3.21. The Morgan fingerprint density at radius 3 is 2.30 bits per heavy atom. The third-order valence-electron chi connectivity index (χ3n) is 5.57. The van der Waals surface area contributed by atoms with Crippen LogP contribution in [0.3, 0.4) is 0 Å². The molecule has 2 aromatic rings. The van der Waals surface area contributed by atoms with Crippen molar-refractivity contribution in [2.45, 2.75) is 38.6 Å². The zero-order valence-corrected chi connectivity index (χ0v) is 17.9. The number of hydrogen-bond donors (Lipinski definition) is 1. The number of ether oxygens (including phenoxy) is 2. The van der Waals surface area contributed by atoms with Gasteiger partial charge in [-0.3, -0.25) is 9.59 Å². The van der Waals surface area contributed by atoms with Gasteiger partial charge in [0.05, 0.1) is 14.2 Å². The number of rotatable bonds is 7. The van der Waals surface area contributed by atoms with E-state index in [-0.39, 0.29) is 17.9 Å². The number of nitrogens with zero attached hydrogens (tertiary/aromatic N) is 1. The maximum atomic E-state index is 12.6. The summed E-state index contributed by atoms with van der Waals surface area (Å²) < 4.78 is 10.6. The number of piperidine rings is 1. The molecule has 30 heavy (non-hydrogen) atoms. The van der Waals surface area contributed by atoms with Gasteiger partial charge in [-0.05, 0) is 56.0 Å². The Kier molecular flexibility index (Phi) is 7.33. The first-order valence-corrected chi connectivity index (χ1v) is 10.4. The lowest BCUT2D eigenvalue weighted by atomic mass is 10.0. The number of nitrogens with one attached hydrogen (secondary N) is 1. The van der Waals surface area contributed by atoms with E-state index in [1.807, 2.05) is 54.3 Å². The zero-order valence-electron chi connectivity index (χ0n) is 17.9. The number of hydrogen-bond acceptors (Lipinski definition) is 4. The van der Waals surface area contributed by atoms with E-state index in [2.05, 4.69) is 5.32 Å². The maximum Gasteiger partial charge on any atom is 0.251 e. The number of carbonyl (C=O) groups is 2. The van der Waals surface area contributed by atoms with Crippen LogP contribution in [0.2, 0.25) is 0 Å². The summed E-state index contributed by atoms with van der Waals surface area (Å²) in [5.74, 6) is 1.45. The van der Waals surface area contributed by atoms with E-state index in [0.29, 0.717) is 43.0 Å². The summed E-state index contributed by atoms with van der Waals surface area (Å²) in [5, 5.41) is 3.09. The Morgan fingerprint density at radius 2 is 1.67 bits per heavy atom. The van der Waals surface area contributed by atoms with Gasteiger partial charge in [-0.15, -0.1) is 0 Å². The second-order valence-corrected chi connectivity index (χ2v) is 7.68. The minimum Gasteiger partial charge on any atom is -0.493 e. The Balaban J connectivity index is 1.45. The molecule has 2 aromatic carbocycles. The van der Waals surface area contributed by atoms with E-state index >= 15 is 0 Å². The molecule has 0 bridgehead atoms. The lowest BCUT2D eigenvalue weighted by Crippen LogP contribution is -2.46. The van der Waals surface area contributed by atoms with Crippen molar-refractivity contribution in [2.75, 3.05) is 27.3 Å². The summed E-state index contributed by atoms with van der Waals surface area (Å²) in [4.78, 5) is 26.9. The molecular formula is C24H30N2O4. The van der Waals surface area contributed by atoms with Crippen LogP contribution >= 0.6 is 0 Å². The van der Waals surface area contributed by atoms with Gasteiger partial charge in [-0.25, -0.2) is 0 Å². The molecule has 1 aliphatic heterocycles. The highest BCUT2D eigenvalue weighted by atomic mass is 16.5. The number of benzene rings is 2. The monoisotopic (exact) mass is 410 g/mol. The molecule has 0 aromatic heterocycles. The van der Waals surface area contributed by atoms with E-state index in [4.69, 9.17) is 9.47 Å². The van der Waals surface area contributed by atoms with Gasteiger partial charge in [0, 0.05) is 31.1 Å². The standard InChI is InChI=1S/C24H30N2O4/c1-17-4-8-19(9-5-17)24(28)25-20-12-14-26(15-13-20)23(27)11-7-18-6-10-21(29-2)22(16-18)30-3/h4-6,8-10,16,20H,7,11-15H2,1-3H3,(H,25,28). The summed E-state index contributed by atoms with van der Waals surface area (Å²) in [6.45, 7) is 3.34. The summed E-state index contributed by atoms with van der Waals surface area (Å²) >= 11 is 0. The quantitative estimate of drug-likeness (QED) is 0.760. The molecule has 0 saturated carbocycles. The van der Waals surface area contributed by atoms with Crippen LogP contribution in [0.1, 0.15) is 40.7 Å². The van der Waals surface area contributed by atoms with Gasteiger partial charge in [-0.1, -0.05) is 23.8 Å². The molecule has 0 atom stereocenters. The van der Waals surface area contributed by atoms with Gasteiger partial charge in [0.2, 0.25) is 5.91 Å². The minimum atomic E-state index is -0.0479. The van der Waals surface area contributed by atoms with Crippen LogP contribution in [0.25, 0.3) is 0 Å². The Labute approximate surface area is 178 Å². The predicted octanol–water partition coefficient (Wildman–Crippen LogP) is 3.37. The van der Waals surface area contributed by atoms with E-state index in [0.717, 1.165) is 24.0 Å². The van der Waals surface area contributed by atoms with Crippen LogP contribution in [0, 0.1) is 6.92 Å². The fourth-order valence-corrected chi connectivity index (χ4v) is 3.69. The van der Waals surface area contributed by atoms with Crippen LogP contribution in [0.5, 0.6) is 11.5 Å². The number of methoxy groups -OCH3 is 2. The first-order chi connectivity index (χ1) is 14.5. The number of carbonyl (C=O) groups excluding carboxylic acids is 2. The van der Waals surface area contributed by atoms with Crippen molar-refractivity contribution in [2.24, 2.45) is 0 Å². The molecule has 2 amide bonds. The zero-order chi connectivity index (χ0) is 21.5. The highest BCUT2D eigenvalue weighted by Crippen LogP contribution is 2.28. The molecule has 1 aliphatic rings. The molecule has 6 nitrogen and oxygen atoms in total. The molecular weight excluding hydrogens is 380 g/mol. The minimum absolute atomic E-state index is 0.0479. The van der Waals surface area contributed by atoms with Crippen molar-refractivity contribution >= 4 is 11.8 Å². The van der Waals surface area contributed by atoms with Crippen LogP contribution < -0.4 is 14.8 Å². The fourth-order valence-electron chi connectivity index (χ4n) is 3.69. The predicted molar refractivity (Wildman–Crippen MR) is 116 cm³/mol. The largest absolute Gasteiger partial charge is 0.493 e. The summed E-state index contributed by atoms with van der Waals surface area (Å²) in [5.41, 5.74) is 2.85. The van der Waals surface area contributed by atoms with Gasteiger partial charge >= 0.3 is 0 Å². The Morgan fingerprint density at radius 1 is 1.00 bits per heavy atom. The molecule has 0 spiro atoms. The van der Waals surface area contributed by atoms with Gasteiger partial charge < -0.3 is 19.7 Å². The number of aryl methyl sites for hydroxylation is 2. The molecule has 160 valence electrons. The van der Waals surface area contributed by atoms with Crippen LogP contribution in [0.4, 0.5) is 0 Å². The van der Waals surface area contributed by atoms with E-state index < -0.39 is 0 Å². The highest BCUT2D eigenvalue weighted by Gasteiger charge is 2.24. The SMILES string of the molecule is COc1ccc(CCC(=O)N2CCC(NC(=O)c3ccc(C)cc3)CC2)cc1OC. The van der Waals surface area contributed by atoms with Crippen molar-refractivity contribution in [3.05, 3.63) is 59.2 Å². The molecule has 0 aliphatic carbocycles. The van der Waals surface area contributed by atoms with Gasteiger partial charge in [0.15, 0.2) is 11.5 Å². The van der Waals surface area contributed by atoms with Gasteiger partial charge in [0.25, 0.3) is 5.91 Å². The van der Waals surface area contributed by atoms with Crippen molar-refractivity contribution in [1.82, 2.24) is 10.2 Å². The summed E-state index contributed by atoms with van der Waals surface area (Å²) in [6.07, 6.45) is 2.67.